The minimum atomic E-state index is 0.0139. The summed E-state index contributed by atoms with van der Waals surface area (Å²) in [6, 6.07) is 16.3. The number of carbonyl (C=O) groups is 1. The number of carbonyl (C=O) groups excluding carboxylic acids is 1. The molecule has 0 unspecified atom stereocenters. The number of amides is 1. The lowest BCUT2D eigenvalue weighted by Crippen LogP contribution is -2.24. The van der Waals surface area contributed by atoms with Crippen molar-refractivity contribution in [2.24, 2.45) is 0 Å². The fourth-order valence-corrected chi connectivity index (χ4v) is 3.89. The molecular weight excluding hydrogens is 354 g/mol. The normalized spacial score (nSPS) is 11.0. The Morgan fingerprint density at radius 1 is 1.11 bits per heavy atom. The topological polar surface area (TPSA) is 46.4 Å². The lowest BCUT2D eigenvalue weighted by Gasteiger charge is -2.05. The van der Waals surface area contributed by atoms with Gasteiger partial charge in [-0.05, 0) is 36.6 Å². The molecule has 5 heteroatoms. The highest BCUT2D eigenvalue weighted by atomic mass is 32.1. The van der Waals surface area contributed by atoms with E-state index in [0.717, 1.165) is 27.5 Å². The number of hydrogen-bond acceptors (Lipinski definition) is 3. The Morgan fingerprint density at radius 3 is 2.70 bits per heavy atom. The Bertz CT molecular complexity index is 1100. The van der Waals surface area contributed by atoms with Crippen LogP contribution in [0, 0.1) is 13.8 Å². The molecule has 0 radical (unpaired) electrons. The van der Waals surface area contributed by atoms with Crippen molar-refractivity contribution in [1.82, 2.24) is 14.7 Å². The smallest absolute Gasteiger partial charge is 0.226 e. The number of hydrogen-bond donors (Lipinski definition) is 1. The first-order chi connectivity index (χ1) is 13.1. The van der Waals surface area contributed by atoms with Crippen LogP contribution in [0.5, 0.6) is 0 Å². The number of fused-ring (bicyclic) bond motifs is 1. The summed E-state index contributed by atoms with van der Waals surface area (Å²) in [7, 11) is 0. The van der Waals surface area contributed by atoms with E-state index in [9.17, 15) is 4.79 Å². The largest absolute Gasteiger partial charge is 0.352 e. The Morgan fingerprint density at radius 2 is 1.93 bits per heavy atom. The van der Waals surface area contributed by atoms with E-state index in [1.54, 1.807) is 11.3 Å². The molecule has 4 nitrogen and oxygen atoms in total. The second-order valence-corrected chi connectivity index (χ2v) is 7.58. The second kappa shape index (κ2) is 7.37. The summed E-state index contributed by atoms with van der Waals surface area (Å²) >= 11 is 1.57. The molecule has 1 amide bonds. The summed E-state index contributed by atoms with van der Waals surface area (Å²) in [5.41, 5.74) is 6.63. The third-order valence-corrected chi connectivity index (χ3v) is 5.65. The predicted octanol–water partition coefficient (Wildman–Crippen LogP) is 4.54. The standard InChI is InChI=1S/C22H21N3OS/c1-15-8-9-18(10-16(15)2)20-13-25-19(14-27-22(25)24-20)11-21(26)23-12-17-6-4-3-5-7-17/h3-10,13-14H,11-12H2,1-2H3,(H,23,26). The van der Waals surface area contributed by atoms with E-state index in [1.807, 2.05) is 46.3 Å². The van der Waals surface area contributed by atoms with Crippen LogP contribution in [0.1, 0.15) is 22.4 Å². The van der Waals surface area contributed by atoms with Crippen LogP contribution >= 0.6 is 11.3 Å². The maximum atomic E-state index is 12.3. The summed E-state index contributed by atoms with van der Waals surface area (Å²) in [6.45, 7) is 4.77. The quantitative estimate of drug-likeness (QED) is 0.557. The molecule has 1 N–H and O–H groups in total. The molecule has 2 heterocycles. The number of benzene rings is 2. The van der Waals surface area contributed by atoms with E-state index in [2.05, 4.69) is 37.4 Å². The van der Waals surface area contributed by atoms with Crippen LogP contribution in [0.15, 0.2) is 60.1 Å². The van der Waals surface area contributed by atoms with Crippen LogP contribution in [0.4, 0.5) is 0 Å². The fourth-order valence-electron chi connectivity index (χ4n) is 3.02. The number of imidazole rings is 1. The average Bonchev–Trinajstić information content (AvgIpc) is 3.25. The minimum absolute atomic E-state index is 0.0139. The molecule has 136 valence electrons. The number of rotatable bonds is 5. The first-order valence-electron chi connectivity index (χ1n) is 8.94. The predicted molar refractivity (Wildman–Crippen MR) is 110 cm³/mol. The van der Waals surface area contributed by atoms with Gasteiger partial charge >= 0.3 is 0 Å². The molecule has 0 aliphatic rings. The molecule has 2 aromatic heterocycles. The monoisotopic (exact) mass is 375 g/mol. The van der Waals surface area contributed by atoms with Gasteiger partial charge in [0.25, 0.3) is 0 Å². The van der Waals surface area contributed by atoms with Crippen molar-refractivity contribution in [3.8, 4) is 11.3 Å². The van der Waals surface area contributed by atoms with Crippen LogP contribution in [-0.2, 0) is 17.8 Å². The molecule has 0 bridgehead atoms. The fraction of sp³-hybridized carbons (Fsp3) is 0.182. The van der Waals surface area contributed by atoms with Crippen molar-refractivity contribution in [2.75, 3.05) is 0 Å². The van der Waals surface area contributed by atoms with Crippen LogP contribution in [0.3, 0.4) is 0 Å². The molecule has 0 aliphatic carbocycles. The van der Waals surface area contributed by atoms with Crippen LogP contribution in [0.2, 0.25) is 0 Å². The molecule has 4 aromatic rings. The van der Waals surface area contributed by atoms with Crippen molar-refractivity contribution in [1.29, 1.82) is 0 Å². The summed E-state index contributed by atoms with van der Waals surface area (Å²) in [4.78, 5) is 18.0. The van der Waals surface area contributed by atoms with Crippen LogP contribution < -0.4 is 5.32 Å². The van der Waals surface area contributed by atoms with Gasteiger partial charge in [0.15, 0.2) is 4.96 Å². The molecule has 0 spiro atoms. The van der Waals surface area contributed by atoms with Crippen LogP contribution in [0.25, 0.3) is 16.2 Å². The molecule has 0 aliphatic heterocycles. The SMILES string of the molecule is Cc1ccc(-c2cn3c(CC(=O)NCc4ccccc4)csc3n2)cc1C. The highest BCUT2D eigenvalue weighted by Gasteiger charge is 2.13. The first-order valence-corrected chi connectivity index (χ1v) is 9.82. The summed E-state index contributed by atoms with van der Waals surface area (Å²) < 4.78 is 2.03. The van der Waals surface area contributed by atoms with Crippen molar-refractivity contribution in [3.63, 3.8) is 0 Å². The molecule has 0 atom stereocenters. The zero-order valence-electron chi connectivity index (χ0n) is 15.4. The maximum Gasteiger partial charge on any atom is 0.226 e. The highest BCUT2D eigenvalue weighted by molar-refractivity contribution is 7.15. The zero-order valence-corrected chi connectivity index (χ0v) is 16.2. The van der Waals surface area contributed by atoms with E-state index in [1.165, 1.54) is 11.1 Å². The third kappa shape index (κ3) is 3.78. The van der Waals surface area contributed by atoms with Crippen molar-refractivity contribution in [3.05, 3.63) is 82.5 Å². The highest BCUT2D eigenvalue weighted by Crippen LogP contribution is 2.25. The first kappa shape index (κ1) is 17.5. The lowest BCUT2D eigenvalue weighted by molar-refractivity contribution is -0.120. The summed E-state index contributed by atoms with van der Waals surface area (Å²) in [6.07, 6.45) is 2.37. The number of nitrogens with zero attached hydrogens (tertiary/aromatic N) is 2. The van der Waals surface area contributed by atoms with Gasteiger partial charge in [-0.25, -0.2) is 4.98 Å². The average molecular weight is 375 g/mol. The number of aryl methyl sites for hydroxylation is 2. The minimum Gasteiger partial charge on any atom is -0.352 e. The molecule has 2 aromatic carbocycles. The van der Waals surface area contributed by atoms with Crippen molar-refractivity contribution < 1.29 is 4.79 Å². The van der Waals surface area contributed by atoms with Gasteiger partial charge in [-0.2, -0.15) is 0 Å². The van der Waals surface area contributed by atoms with Gasteiger partial charge in [0.2, 0.25) is 5.91 Å². The molecule has 0 saturated heterocycles. The summed E-state index contributed by atoms with van der Waals surface area (Å²) in [5, 5.41) is 4.99. The molecule has 0 saturated carbocycles. The van der Waals surface area contributed by atoms with E-state index in [-0.39, 0.29) is 5.91 Å². The zero-order chi connectivity index (χ0) is 18.8. The van der Waals surface area contributed by atoms with Crippen LogP contribution in [-0.4, -0.2) is 15.3 Å². The Kier molecular flexibility index (Phi) is 4.77. The Labute approximate surface area is 162 Å². The maximum absolute atomic E-state index is 12.3. The van der Waals surface area contributed by atoms with Gasteiger partial charge in [-0.15, -0.1) is 11.3 Å². The van der Waals surface area contributed by atoms with Crippen molar-refractivity contribution >= 4 is 22.2 Å². The molecule has 4 rings (SSSR count). The number of nitrogens with one attached hydrogen (secondary N) is 1. The molecule has 27 heavy (non-hydrogen) atoms. The second-order valence-electron chi connectivity index (χ2n) is 6.74. The van der Waals surface area contributed by atoms with Gasteiger partial charge in [-0.3, -0.25) is 9.20 Å². The molecule has 0 fully saturated rings. The van der Waals surface area contributed by atoms with E-state index in [0.29, 0.717) is 13.0 Å². The van der Waals surface area contributed by atoms with E-state index in [4.69, 9.17) is 4.98 Å². The van der Waals surface area contributed by atoms with E-state index < -0.39 is 0 Å². The Hall–Kier alpha value is -2.92. The van der Waals surface area contributed by atoms with Gasteiger partial charge in [-0.1, -0.05) is 42.5 Å². The number of thiazole rings is 1. The Balaban J connectivity index is 1.50. The summed E-state index contributed by atoms with van der Waals surface area (Å²) in [5.74, 6) is 0.0139. The lowest BCUT2D eigenvalue weighted by atomic mass is 10.0. The van der Waals surface area contributed by atoms with E-state index >= 15 is 0 Å². The third-order valence-electron chi connectivity index (χ3n) is 4.76. The number of aromatic nitrogens is 2. The van der Waals surface area contributed by atoms with Gasteiger partial charge in [0.1, 0.15) is 0 Å². The van der Waals surface area contributed by atoms with Gasteiger partial charge < -0.3 is 5.32 Å². The van der Waals surface area contributed by atoms with Gasteiger partial charge in [0.05, 0.1) is 12.1 Å². The van der Waals surface area contributed by atoms with Gasteiger partial charge in [0, 0.05) is 29.4 Å². The molecular formula is C22H21N3OS. The van der Waals surface area contributed by atoms with Crippen molar-refractivity contribution in [2.45, 2.75) is 26.8 Å².